The molecule has 0 heterocycles. The van der Waals surface area contributed by atoms with Crippen molar-refractivity contribution in [2.75, 3.05) is 0 Å². The molecule has 0 radical (unpaired) electrons. The molecular weight excluding hydrogens is 889 g/mol. The fraction of sp³-hybridized carbons (Fsp3) is 0.456. The lowest BCUT2D eigenvalue weighted by Gasteiger charge is -2.23. The number of ether oxygens (including phenoxy) is 2. The summed E-state index contributed by atoms with van der Waals surface area (Å²) in [6.45, 7) is 2.27. The van der Waals surface area contributed by atoms with Crippen molar-refractivity contribution in [2.45, 2.75) is 161 Å². The zero-order valence-electron chi connectivity index (χ0n) is 40.8. The van der Waals surface area contributed by atoms with Crippen molar-refractivity contribution in [2.24, 2.45) is 5.92 Å². The second kappa shape index (κ2) is 39.1. The number of rotatable bonds is 33. The zero-order chi connectivity index (χ0) is 50.9. The van der Waals surface area contributed by atoms with Crippen LogP contribution >= 0.6 is 0 Å². The highest BCUT2D eigenvalue weighted by Crippen LogP contribution is 2.22. The summed E-state index contributed by atoms with van der Waals surface area (Å²) in [4.78, 5) is 101. The summed E-state index contributed by atoms with van der Waals surface area (Å²) in [6, 6.07) is 36.4. The summed E-state index contributed by atoms with van der Waals surface area (Å²) in [5, 5.41) is 5.62. The number of Topliss-reactive ketones (excluding diaryl/α,β-unsaturated/α-hetero) is 1. The van der Waals surface area contributed by atoms with Crippen LogP contribution in [-0.2, 0) is 78.7 Å². The quantitative estimate of drug-likeness (QED) is 0.0341. The molecule has 2 amide bonds. The Morgan fingerprint density at radius 3 is 1.46 bits per heavy atom. The van der Waals surface area contributed by atoms with E-state index in [2.05, 4.69) is 41.8 Å². The van der Waals surface area contributed by atoms with Crippen molar-refractivity contribution in [1.29, 1.82) is 0 Å². The van der Waals surface area contributed by atoms with Crippen LogP contribution in [0.2, 0.25) is 0 Å². The minimum Gasteiger partial charge on any atom is -0.461 e. The Bertz CT molecular complexity index is 2090. The van der Waals surface area contributed by atoms with Gasteiger partial charge in [0.1, 0.15) is 31.1 Å². The predicted octanol–water partition coefficient (Wildman–Crippen LogP) is 9.99. The number of carbonyl (C=O) groups is 5. The molecule has 3 atom stereocenters. The Hall–Kier alpha value is -6.81. The molecule has 70 heavy (non-hydrogen) atoms. The SMILES string of the molecule is CCCCCCCCCCCCCC(=O)NC(CC(=O)CC(CCCc1ccccc1)Cc1ccccc1)C(=O)NC(CCC(=O)OCc1ccccc1)C(=O)OCc1ccccc1.O=C=O.O=C=O. The summed E-state index contributed by atoms with van der Waals surface area (Å²) in [7, 11) is 0. The average Bonchev–Trinajstić information content (AvgIpc) is 3.37. The smallest absolute Gasteiger partial charge is 0.373 e. The van der Waals surface area contributed by atoms with E-state index in [1.165, 1.54) is 50.5 Å². The lowest BCUT2D eigenvalue weighted by Crippen LogP contribution is -2.52. The van der Waals surface area contributed by atoms with Crippen molar-refractivity contribution in [3.05, 3.63) is 144 Å². The topological polar surface area (TPSA) is 196 Å². The Kier molecular flexibility index (Phi) is 33.1. The van der Waals surface area contributed by atoms with Crippen LogP contribution < -0.4 is 10.6 Å². The van der Waals surface area contributed by atoms with Crippen molar-refractivity contribution in [3.63, 3.8) is 0 Å². The monoisotopic (exact) mass is 961 g/mol. The van der Waals surface area contributed by atoms with Gasteiger partial charge in [-0.3, -0.25) is 19.2 Å². The molecule has 0 aliphatic heterocycles. The van der Waals surface area contributed by atoms with Crippen molar-refractivity contribution < 1.29 is 52.6 Å². The molecular formula is C57H72N2O11. The van der Waals surface area contributed by atoms with E-state index in [0.717, 1.165) is 55.2 Å². The van der Waals surface area contributed by atoms with Gasteiger partial charge in [0.2, 0.25) is 11.8 Å². The van der Waals surface area contributed by atoms with Gasteiger partial charge in [0, 0.05) is 25.7 Å². The van der Waals surface area contributed by atoms with Gasteiger partial charge < -0.3 is 20.1 Å². The highest BCUT2D eigenvalue weighted by molar-refractivity contribution is 5.94. The van der Waals surface area contributed by atoms with Crippen molar-refractivity contribution in [1.82, 2.24) is 10.6 Å². The van der Waals surface area contributed by atoms with Crippen LogP contribution in [0.3, 0.4) is 0 Å². The first kappa shape index (κ1) is 59.3. The molecule has 4 rings (SSSR count). The summed E-state index contributed by atoms with van der Waals surface area (Å²) in [6.07, 6.45) is 16.4. The van der Waals surface area contributed by atoms with Crippen LogP contribution in [0.5, 0.6) is 0 Å². The minimum absolute atomic E-state index is 0.0250. The van der Waals surface area contributed by atoms with Crippen LogP contribution in [0.4, 0.5) is 0 Å². The lowest BCUT2D eigenvalue weighted by atomic mass is 9.87. The van der Waals surface area contributed by atoms with Gasteiger partial charge in [-0.1, -0.05) is 192 Å². The Morgan fingerprint density at radius 1 is 0.486 bits per heavy atom. The minimum atomic E-state index is -1.23. The van der Waals surface area contributed by atoms with E-state index in [1.807, 2.05) is 97.1 Å². The van der Waals surface area contributed by atoms with E-state index in [0.29, 0.717) is 12.8 Å². The molecule has 0 saturated heterocycles. The number of aryl methyl sites for hydroxylation is 1. The van der Waals surface area contributed by atoms with Crippen LogP contribution in [0.15, 0.2) is 121 Å². The molecule has 0 saturated carbocycles. The summed E-state index contributed by atoms with van der Waals surface area (Å²) in [5.74, 6) is -2.39. The van der Waals surface area contributed by atoms with Gasteiger partial charge in [-0.25, -0.2) is 4.79 Å². The van der Waals surface area contributed by atoms with Crippen LogP contribution in [0.1, 0.15) is 145 Å². The van der Waals surface area contributed by atoms with E-state index in [9.17, 15) is 24.0 Å². The van der Waals surface area contributed by atoms with Crippen molar-refractivity contribution >= 4 is 41.8 Å². The Morgan fingerprint density at radius 2 is 0.943 bits per heavy atom. The highest BCUT2D eigenvalue weighted by Gasteiger charge is 2.30. The van der Waals surface area contributed by atoms with Crippen LogP contribution in [-0.4, -0.2) is 53.9 Å². The van der Waals surface area contributed by atoms with Gasteiger partial charge >= 0.3 is 24.2 Å². The second-order valence-electron chi connectivity index (χ2n) is 17.3. The average molecular weight is 961 g/mol. The van der Waals surface area contributed by atoms with Gasteiger partial charge in [0.15, 0.2) is 0 Å². The lowest BCUT2D eigenvalue weighted by molar-refractivity contribution is -0.193. The van der Waals surface area contributed by atoms with Gasteiger partial charge in [-0.05, 0) is 66.7 Å². The zero-order valence-corrected chi connectivity index (χ0v) is 40.8. The number of carbonyl (C=O) groups excluding carboxylic acids is 9. The maximum atomic E-state index is 14.2. The number of ketones is 1. The molecule has 0 spiro atoms. The number of nitrogens with one attached hydrogen (secondary N) is 2. The van der Waals surface area contributed by atoms with E-state index in [-0.39, 0.29) is 75.2 Å². The van der Waals surface area contributed by atoms with E-state index in [4.69, 9.17) is 28.7 Å². The third kappa shape index (κ3) is 29.2. The normalized spacial score (nSPS) is 11.6. The summed E-state index contributed by atoms with van der Waals surface area (Å²) < 4.78 is 11.1. The number of esters is 2. The number of hydrogen-bond acceptors (Lipinski definition) is 11. The molecule has 0 aliphatic carbocycles. The molecule has 13 heteroatoms. The predicted molar refractivity (Wildman–Crippen MR) is 264 cm³/mol. The first-order valence-corrected chi connectivity index (χ1v) is 24.7. The second-order valence-corrected chi connectivity index (χ2v) is 17.3. The van der Waals surface area contributed by atoms with Crippen molar-refractivity contribution in [3.8, 4) is 0 Å². The maximum Gasteiger partial charge on any atom is 0.373 e. The molecule has 3 unspecified atom stereocenters. The number of amides is 2. The molecule has 0 aliphatic rings. The van der Waals surface area contributed by atoms with Crippen LogP contribution in [0.25, 0.3) is 0 Å². The first-order valence-electron chi connectivity index (χ1n) is 24.7. The molecule has 0 fully saturated rings. The highest BCUT2D eigenvalue weighted by atomic mass is 16.5. The first-order chi connectivity index (χ1) is 34.1. The number of benzene rings is 4. The molecule has 0 aromatic heterocycles. The molecule has 4 aromatic rings. The molecule has 2 N–H and O–H groups in total. The van der Waals surface area contributed by atoms with E-state index < -0.39 is 29.9 Å². The standard InChI is InChI=1S/C55H72N2O7.2CO2/c1-2-3-4-5-6-7-8-9-10-11-24-36-52(59)56-51(41-49(58)40-48(39-45-28-18-13-19-29-45)35-25-34-44-26-16-12-17-27-44)54(61)57-50(55(62)64-43-47-32-22-15-23-33-47)37-38-53(60)63-42-46-30-20-14-21-31-46;2*2-1-3/h12-23,26-33,48,50-51H,2-11,24-25,34-43H2,1H3,(H,56,59)(H,57,61);;. The molecule has 376 valence electrons. The Balaban J connectivity index is 0.00000266. The van der Waals surface area contributed by atoms with Gasteiger partial charge in [0.25, 0.3) is 0 Å². The number of hydrogen-bond donors (Lipinski definition) is 2. The third-order valence-electron chi connectivity index (χ3n) is 11.6. The van der Waals surface area contributed by atoms with E-state index in [1.54, 1.807) is 0 Å². The largest absolute Gasteiger partial charge is 0.461 e. The molecule has 13 nitrogen and oxygen atoms in total. The molecule has 0 bridgehead atoms. The summed E-state index contributed by atoms with van der Waals surface area (Å²) in [5.41, 5.74) is 3.95. The Labute approximate surface area is 413 Å². The van der Waals surface area contributed by atoms with Gasteiger partial charge in [-0.2, -0.15) is 19.2 Å². The van der Waals surface area contributed by atoms with E-state index >= 15 is 0 Å². The fourth-order valence-corrected chi connectivity index (χ4v) is 7.94. The maximum absolute atomic E-state index is 14.2. The van der Waals surface area contributed by atoms with Gasteiger partial charge in [0.05, 0.1) is 0 Å². The third-order valence-corrected chi connectivity index (χ3v) is 11.6. The van der Waals surface area contributed by atoms with Crippen LogP contribution in [0, 0.1) is 5.92 Å². The molecule has 4 aromatic carbocycles. The number of unbranched alkanes of at least 4 members (excludes halogenated alkanes) is 10. The fourth-order valence-electron chi connectivity index (χ4n) is 7.94. The van der Waals surface area contributed by atoms with Gasteiger partial charge in [-0.15, -0.1) is 0 Å². The summed E-state index contributed by atoms with van der Waals surface area (Å²) >= 11 is 0.